The van der Waals surface area contributed by atoms with Crippen molar-refractivity contribution in [3.63, 3.8) is 0 Å². The number of para-hydroxylation sites is 1. The largest absolute Gasteiger partial charge is 0.496 e. The fraction of sp³-hybridized carbons (Fsp3) is 0.200. The van der Waals surface area contributed by atoms with Gasteiger partial charge in [0.25, 0.3) is 0 Å². The van der Waals surface area contributed by atoms with Gasteiger partial charge in [0.1, 0.15) is 10.8 Å². The van der Waals surface area contributed by atoms with Crippen molar-refractivity contribution in [1.29, 1.82) is 0 Å². The maximum atomic E-state index is 5.38. The number of ether oxygens (including phenoxy) is 1. The summed E-state index contributed by atoms with van der Waals surface area (Å²) in [6.45, 7) is 1.25. The normalized spacial score (nSPS) is 10.8. The highest BCUT2D eigenvalue weighted by Crippen LogP contribution is 2.23. The van der Waals surface area contributed by atoms with Crippen molar-refractivity contribution in [2.75, 3.05) is 14.2 Å². The van der Waals surface area contributed by atoms with Crippen LogP contribution in [0.2, 0.25) is 0 Å². The first kappa shape index (κ1) is 21.2. The Kier molecular flexibility index (Phi) is 8.53. The van der Waals surface area contributed by atoms with Gasteiger partial charge in [0.05, 0.1) is 19.3 Å². The molecule has 0 aliphatic carbocycles. The zero-order chi connectivity index (χ0) is 18.2. The maximum absolute atomic E-state index is 5.38. The van der Waals surface area contributed by atoms with E-state index in [4.69, 9.17) is 4.74 Å². The topological polar surface area (TPSA) is 58.5 Å². The molecule has 3 rings (SSSR count). The van der Waals surface area contributed by atoms with Crippen LogP contribution >= 0.6 is 35.3 Å². The van der Waals surface area contributed by atoms with Crippen LogP contribution in [0.5, 0.6) is 5.75 Å². The van der Waals surface area contributed by atoms with Crippen LogP contribution < -0.4 is 15.4 Å². The highest BCUT2D eigenvalue weighted by molar-refractivity contribution is 14.0. The van der Waals surface area contributed by atoms with Gasteiger partial charge < -0.3 is 15.4 Å². The minimum Gasteiger partial charge on any atom is -0.496 e. The number of halogens is 1. The van der Waals surface area contributed by atoms with Crippen molar-refractivity contribution in [2.45, 2.75) is 13.1 Å². The number of aromatic nitrogens is 1. The van der Waals surface area contributed by atoms with E-state index in [9.17, 15) is 0 Å². The Morgan fingerprint density at radius 2 is 1.74 bits per heavy atom. The van der Waals surface area contributed by atoms with E-state index in [0.717, 1.165) is 33.5 Å². The second-order valence-corrected chi connectivity index (χ2v) is 6.46. The van der Waals surface area contributed by atoms with Crippen molar-refractivity contribution >= 4 is 41.3 Å². The van der Waals surface area contributed by atoms with Crippen molar-refractivity contribution in [3.8, 4) is 16.3 Å². The van der Waals surface area contributed by atoms with Crippen molar-refractivity contribution < 1.29 is 4.74 Å². The molecule has 3 aromatic rings. The van der Waals surface area contributed by atoms with Gasteiger partial charge in [0.15, 0.2) is 5.96 Å². The number of rotatable bonds is 6. The fourth-order valence-electron chi connectivity index (χ4n) is 2.52. The van der Waals surface area contributed by atoms with Crippen LogP contribution in [0.4, 0.5) is 0 Å². The third kappa shape index (κ3) is 5.93. The van der Waals surface area contributed by atoms with Crippen LogP contribution in [0, 0.1) is 0 Å². The Morgan fingerprint density at radius 1 is 1.04 bits per heavy atom. The zero-order valence-electron chi connectivity index (χ0n) is 15.3. The van der Waals surface area contributed by atoms with Gasteiger partial charge in [-0.25, -0.2) is 4.98 Å². The molecule has 1 aromatic heterocycles. The number of methoxy groups -OCH3 is 1. The van der Waals surface area contributed by atoms with Gasteiger partial charge in [0, 0.05) is 30.1 Å². The molecule has 142 valence electrons. The van der Waals surface area contributed by atoms with Gasteiger partial charge in [-0.15, -0.1) is 35.3 Å². The Morgan fingerprint density at radius 3 is 2.48 bits per heavy atom. The van der Waals surface area contributed by atoms with E-state index in [1.165, 1.54) is 0 Å². The lowest BCUT2D eigenvalue weighted by Gasteiger charge is -2.13. The number of aliphatic imine (C=N–C) groups is 1. The number of benzene rings is 2. The molecule has 0 saturated heterocycles. The number of hydrogen-bond donors (Lipinski definition) is 2. The van der Waals surface area contributed by atoms with E-state index in [1.807, 2.05) is 42.5 Å². The van der Waals surface area contributed by atoms with E-state index < -0.39 is 0 Å². The Bertz CT molecular complexity index is 867. The number of guanidine groups is 1. The molecule has 0 aliphatic heterocycles. The molecule has 0 saturated carbocycles. The molecule has 0 unspecified atom stereocenters. The van der Waals surface area contributed by atoms with E-state index in [-0.39, 0.29) is 24.0 Å². The molecule has 0 radical (unpaired) electrons. The van der Waals surface area contributed by atoms with Gasteiger partial charge in [0.2, 0.25) is 0 Å². The summed E-state index contributed by atoms with van der Waals surface area (Å²) in [7, 11) is 3.44. The smallest absolute Gasteiger partial charge is 0.191 e. The average Bonchev–Trinajstić information content (AvgIpc) is 3.18. The summed E-state index contributed by atoms with van der Waals surface area (Å²) in [6.07, 6.45) is 0. The van der Waals surface area contributed by atoms with Crippen LogP contribution in [0.25, 0.3) is 10.6 Å². The Hall–Kier alpha value is -2.13. The Balaban J connectivity index is 0.00000261. The number of thiazole rings is 1. The minimum absolute atomic E-state index is 0. The highest BCUT2D eigenvalue weighted by Gasteiger charge is 2.06. The molecule has 1 heterocycles. The summed E-state index contributed by atoms with van der Waals surface area (Å²) >= 11 is 1.65. The first-order valence-corrected chi connectivity index (χ1v) is 9.24. The average molecular weight is 494 g/mol. The molecule has 0 bridgehead atoms. The molecule has 27 heavy (non-hydrogen) atoms. The van der Waals surface area contributed by atoms with E-state index in [2.05, 4.69) is 38.1 Å². The van der Waals surface area contributed by atoms with Crippen LogP contribution in [-0.4, -0.2) is 25.1 Å². The van der Waals surface area contributed by atoms with E-state index in [1.54, 1.807) is 25.5 Å². The standard InChI is InChI=1S/C20H22N4OS.HI/c1-21-20(22-12-16-10-6-7-11-18(16)25-2)23-13-17-14-26-19(24-17)15-8-4-3-5-9-15;/h3-11,14H,12-13H2,1-2H3,(H2,21,22,23);1H. The van der Waals surface area contributed by atoms with Crippen LogP contribution in [0.1, 0.15) is 11.3 Å². The lowest BCUT2D eigenvalue weighted by Crippen LogP contribution is -2.36. The highest BCUT2D eigenvalue weighted by atomic mass is 127. The summed E-state index contributed by atoms with van der Waals surface area (Å²) in [5.41, 5.74) is 3.22. The monoisotopic (exact) mass is 494 g/mol. The predicted octanol–water partition coefficient (Wildman–Crippen LogP) is 4.30. The summed E-state index contributed by atoms with van der Waals surface area (Å²) < 4.78 is 5.38. The van der Waals surface area contributed by atoms with Crippen LogP contribution in [0.15, 0.2) is 65.0 Å². The molecule has 0 fully saturated rings. The van der Waals surface area contributed by atoms with E-state index >= 15 is 0 Å². The number of nitrogens with one attached hydrogen (secondary N) is 2. The molecule has 0 aliphatic rings. The third-order valence-electron chi connectivity index (χ3n) is 3.87. The molecular formula is C20H23IN4OS. The van der Waals surface area contributed by atoms with Gasteiger partial charge in [-0.05, 0) is 6.07 Å². The van der Waals surface area contributed by atoms with Crippen molar-refractivity contribution in [3.05, 3.63) is 71.2 Å². The van der Waals surface area contributed by atoms with Gasteiger partial charge in [-0.2, -0.15) is 0 Å². The number of hydrogen-bond acceptors (Lipinski definition) is 4. The summed E-state index contributed by atoms with van der Waals surface area (Å²) in [4.78, 5) is 8.95. The SMILES string of the molecule is CN=C(NCc1csc(-c2ccccc2)n1)NCc1ccccc1OC.I. The molecule has 5 nitrogen and oxygen atoms in total. The quantitative estimate of drug-likeness (QED) is 0.305. The van der Waals surface area contributed by atoms with Crippen molar-refractivity contribution in [2.24, 2.45) is 4.99 Å². The molecule has 0 atom stereocenters. The van der Waals surface area contributed by atoms with Gasteiger partial charge in [-0.3, -0.25) is 4.99 Å². The van der Waals surface area contributed by atoms with Gasteiger partial charge in [-0.1, -0.05) is 48.5 Å². The second-order valence-electron chi connectivity index (χ2n) is 5.60. The third-order valence-corrected chi connectivity index (χ3v) is 4.81. The lowest BCUT2D eigenvalue weighted by atomic mass is 10.2. The zero-order valence-corrected chi connectivity index (χ0v) is 18.5. The molecule has 2 N–H and O–H groups in total. The van der Waals surface area contributed by atoms with Crippen LogP contribution in [-0.2, 0) is 13.1 Å². The molecular weight excluding hydrogens is 471 g/mol. The predicted molar refractivity (Wildman–Crippen MR) is 123 cm³/mol. The van der Waals surface area contributed by atoms with Crippen molar-refractivity contribution in [1.82, 2.24) is 15.6 Å². The molecule has 7 heteroatoms. The van der Waals surface area contributed by atoms with E-state index in [0.29, 0.717) is 13.1 Å². The number of nitrogens with zero attached hydrogens (tertiary/aromatic N) is 2. The second kappa shape index (κ2) is 10.9. The molecule has 0 amide bonds. The maximum Gasteiger partial charge on any atom is 0.191 e. The Labute approximate surface area is 180 Å². The summed E-state index contributed by atoms with van der Waals surface area (Å²) in [5.74, 6) is 1.59. The molecule has 0 spiro atoms. The van der Waals surface area contributed by atoms with Gasteiger partial charge >= 0.3 is 0 Å². The first-order chi connectivity index (χ1) is 12.8. The molecule has 2 aromatic carbocycles. The first-order valence-electron chi connectivity index (χ1n) is 8.36. The summed E-state index contributed by atoms with van der Waals surface area (Å²) in [5, 5.41) is 9.70. The summed E-state index contributed by atoms with van der Waals surface area (Å²) in [6, 6.07) is 18.2. The lowest BCUT2D eigenvalue weighted by molar-refractivity contribution is 0.409. The fourth-order valence-corrected chi connectivity index (χ4v) is 3.35. The van der Waals surface area contributed by atoms with Crippen LogP contribution in [0.3, 0.4) is 0 Å². The minimum atomic E-state index is 0.